The Bertz CT molecular complexity index is 394. The van der Waals surface area contributed by atoms with Gasteiger partial charge in [0.1, 0.15) is 0 Å². The van der Waals surface area contributed by atoms with Crippen LogP contribution in [0, 0.1) is 5.82 Å². The molecule has 18 heavy (non-hydrogen) atoms. The van der Waals surface area contributed by atoms with Gasteiger partial charge in [0, 0.05) is 25.2 Å². The van der Waals surface area contributed by atoms with E-state index in [0.29, 0.717) is 11.4 Å². The molecule has 0 saturated carbocycles. The molecular formula is C13H22FN3O. The van der Waals surface area contributed by atoms with Crippen molar-refractivity contribution in [2.75, 3.05) is 38.2 Å². The van der Waals surface area contributed by atoms with Crippen LogP contribution in [0.5, 0.6) is 5.75 Å². The Morgan fingerprint density at radius 2 is 2.06 bits per heavy atom. The highest BCUT2D eigenvalue weighted by atomic mass is 19.1. The third-order valence-electron chi connectivity index (χ3n) is 2.34. The van der Waals surface area contributed by atoms with E-state index in [1.54, 1.807) is 6.07 Å². The van der Waals surface area contributed by atoms with Gasteiger partial charge in [0.2, 0.25) is 0 Å². The summed E-state index contributed by atoms with van der Waals surface area (Å²) in [5.41, 5.74) is 6.86. The molecule has 1 aromatic rings. The molecule has 1 rings (SSSR count). The summed E-state index contributed by atoms with van der Waals surface area (Å²) in [5.74, 6) is -0.203. The van der Waals surface area contributed by atoms with Crippen LogP contribution in [0.4, 0.5) is 15.8 Å². The lowest BCUT2D eigenvalue weighted by Crippen LogP contribution is -2.21. The van der Waals surface area contributed by atoms with E-state index in [1.165, 1.54) is 6.07 Å². The fourth-order valence-corrected chi connectivity index (χ4v) is 1.48. The third-order valence-corrected chi connectivity index (χ3v) is 2.34. The largest absolute Gasteiger partial charge is 0.488 e. The van der Waals surface area contributed by atoms with Crippen LogP contribution < -0.4 is 15.8 Å². The first-order chi connectivity index (χ1) is 8.40. The Morgan fingerprint density at radius 3 is 2.61 bits per heavy atom. The Hall–Kier alpha value is -1.49. The van der Waals surface area contributed by atoms with E-state index < -0.39 is 5.82 Å². The minimum Gasteiger partial charge on any atom is -0.488 e. The fraction of sp³-hybridized carbons (Fsp3) is 0.538. The molecule has 1 aromatic carbocycles. The van der Waals surface area contributed by atoms with E-state index in [4.69, 9.17) is 10.5 Å². The summed E-state index contributed by atoms with van der Waals surface area (Å²) in [6.07, 6.45) is -0.0715. The van der Waals surface area contributed by atoms with Crippen LogP contribution in [-0.2, 0) is 0 Å². The molecule has 0 unspecified atom stereocenters. The second-order valence-electron chi connectivity index (χ2n) is 4.77. The molecule has 0 bridgehead atoms. The zero-order chi connectivity index (χ0) is 13.7. The number of halogens is 1. The van der Waals surface area contributed by atoms with Crippen LogP contribution in [0.3, 0.4) is 0 Å². The summed E-state index contributed by atoms with van der Waals surface area (Å²) < 4.78 is 19.0. The van der Waals surface area contributed by atoms with Gasteiger partial charge in [-0.15, -0.1) is 0 Å². The fourth-order valence-electron chi connectivity index (χ4n) is 1.48. The van der Waals surface area contributed by atoms with Crippen molar-refractivity contribution >= 4 is 11.4 Å². The Kier molecular flexibility index (Phi) is 5.22. The van der Waals surface area contributed by atoms with Crippen molar-refractivity contribution < 1.29 is 9.13 Å². The minimum atomic E-state index is -0.431. The predicted molar refractivity (Wildman–Crippen MR) is 73.6 cm³/mol. The molecule has 0 radical (unpaired) electrons. The molecule has 0 aliphatic rings. The predicted octanol–water partition coefficient (Wildman–Crippen LogP) is 2.17. The topological polar surface area (TPSA) is 50.5 Å². The van der Waals surface area contributed by atoms with Crippen LogP contribution in [0.2, 0.25) is 0 Å². The van der Waals surface area contributed by atoms with Gasteiger partial charge in [-0.2, -0.15) is 0 Å². The normalized spacial score (nSPS) is 11.1. The van der Waals surface area contributed by atoms with Crippen molar-refractivity contribution in [1.29, 1.82) is 0 Å². The van der Waals surface area contributed by atoms with Gasteiger partial charge in [-0.25, -0.2) is 4.39 Å². The van der Waals surface area contributed by atoms with Gasteiger partial charge in [0.15, 0.2) is 11.6 Å². The van der Waals surface area contributed by atoms with Crippen molar-refractivity contribution in [3.05, 3.63) is 17.9 Å². The summed E-state index contributed by atoms with van der Waals surface area (Å²) >= 11 is 0. The maximum Gasteiger partial charge on any atom is 0.167 e. The first-order valence-electron chi connectivity index (χ1n) is 6.04. The minimum absolute atomic E-state index is 0.0715. The Morgan fingerprint density at radius 1 is 1.39 bits per heavy atom. The number of hydrogen-bond donors (Lipinski definition) is 2. The molecule has 0 atom stereocenters. The number of ether oxygens (including phenoxy) is 1. The quantitative estimate of drug-likeness (QED) is 0.765. The van der Waals surface area contributed by atoms with Gasteiger partial charge >= 0.3 is 0 Å². The Labute approximate surface area is 108 Å². The molecule has 4 nitrogen and oxygen atoms in total. The zero-order valence-electron chi connectivity index (χ0n) is 11.5. The van der Waals surface area contributed by atoms with Gasteiger partial charge in [-0.3, -0.25) is 0 Å². The van der Waals surface area contributed by atoms with Crippen LogP contribution in [-0.4, -0.2) is 38.2 Å². The molecule has 102 valence electrons. The highest BCUT2D eigenvalue weighted by Gasteiger charge is 2.10. The van der Waals surface area contributed by atoms with Crippen LogP contribution in [0.25, 0.3) is 0 Å². The molecule has 0 aliphatic heterocycles. The van der Waals surface area contributed by atoms with Gasteiger partial charge in [-0.1, -0.05) is 0 Å². The van der Waals surface area contributed by atoms with Crippen LogP contribution in [0.1, 0.15) is 13.8 Å². The van der Waals surface area contributed by atoms with Crippen LogP contribution in [0.15, 0.2) is 12.1 Å². The average molecular weight is 255 g/mol. The average Bonchev–Trinajstić information content (AvgIpc) is 2.23. The molecule has 5 heteroatoms. The van der Waals surface area contributed by atoms with E-state index in [1.807, 2.05) is 27.9 Å². The third kappa shape index (κ3) is 4.41. The summed E-state index contributed by atoms with van der Waals surface area (Å²) in [6.45, 7) is 5.32. The molecule has 0 aliphatic carbocycles. The second-order valence-corrected chi connectivity index (χ2v) is 4.77. The molecule has 0 amide bonds. The van der Waals surface area contributed by atoms with Gasteiger partial charge < -0.3 is 20.7 Å². The first-order valence-corrected chi connectivity index (χ1v) is 6.04. The lowest BCUT2D eigenvalue weighted by molar-refractivity contribution is 0.231. The van der Waals surface area contributed by atoms with E-state index in [0.717, 1.165) is 13.1 Å². The molecule has 0 spiro atoms. The van der Waals surface area contributed by atoms with E-state index in [-0.39, 0.29) is 11.9 Å². The van der Waals surface area contributed by atoms with Crippen molar-refractivity contribution in [2.24, 2.45) is 0 Å². The SMILES string of the molecule is CC(C)Oc1cc(NCCN(C)C)c(N)cc1F. The maximum atomic E-state index is 13.6. The van der Waals surface area contributed by atoms with Crippen LogP contribution >= 0.6 is 0 Å². The van der Waals surface area contributed by atoms with E-state index >= 15 is 0 Å². The Balaban J connectivity index is 2.77. The number of nitrogens with zero attached hydrogens (tertiary/aromatic N) is 1. The lowest BCUT2D eigenvalue weighted by Gasteiger charge is -2.16. The van der Waals surface area contributed by atoms with Crippen molar-refractivity contribution in [3.8, 4) is 5.75 Å². The van der Waals surface area contributed by atoms with Crippen molar-refractivity contribution in [3.63, 3.8) is 0 Å². The van der Waals surface area contributed by atoms with Gasteiger partial charge in [-0.05, 0) is 27.9 Å². The maximum absolute atomic E-state index is 13.6. The molecule has 0 heterocycles. The molecule has 0 aromatic heterocycles. The number of anilines is 2. The number of benzene rings is 1. The number of hydrogen-bond acceptors (Lipinski definition) is 4. The highest BCUT2D eigenvalue weighted by molar-refractivity contribution is 5.68. The second kappa shape index (κ2) is 6.44. The number of nitrogen functional groups attached to an aromatic ring is 1. The number of nitrogens with two attached hydrogens (primary N) is 1. The summed E-state index contributed by atoms with van der Waals surface area (Å²) in [4.78, 5) is 2.05. The summed E-state index contributed by atoms with van der Waals surface area (Å²) in [5, 5.41) is 3.17. The van der Waals surface area contributed by atoms with Gasteiger partial charge in [0.25, 0.3) is 0 Å². The number of likely N-dealkylation sites (N-methyl/N-ethyl adjacent to an activating group) is 1. The van der Waals surface area contributed by atoms with E-state index in [2.05, 4.69) is 10.2 Å². The monoisotopic (exact) mass is 255 g/mol. The highest BCUT2D eigenvalue weighted by Crippen LogP contribution is 2.28. The number of nitrogens with one attached hydrogen (secondary N) is 1. The van der Waals surface area contributed by atoms with Gasteiger partial charge in [0.05, 0.1) is 17.5 Å². The van der Waals surface area contributed by atoms with Crippen molar-refractivity contribution in [1.82, 2.24) is 4.90 Å². The summed E-state index contributed by atoms with van der Waals surface area (Å²) in [7, 11) is 3.98. The lowest BCUT2D eigenvalue weighted by atomic mass is 10.2. The molecule has 0 saturated heterocycles. The molecule has 3 N–H and O–H groups in total. The van der Waals surface area contributed by atoms with E-state index in [9.17, 15) is 4.39 Å². The number of rotatable bonds is 6. The standard InChI is InChI=1S/C13H22FN3O/c1-9(2)18-13-8-12(11(15)7-10(13)14)16-5-6-17(3)4/h7-9,16H,5-6,15H2,1-4H3. The van der Waals surface area contributed by atoms with Crippen molar-refractivity contribution in [2.45, 2.75) is 20.0 Å². The molecular weight excluding hydrogens is 233 g/mol. The smallest absolute Gasteiger partial charge is 0.167 e. The summed E-state index contributed by atoms with van der Waals surface area (Å²) in [6, 6.07) is 2.90. The molecule has 0 fully saturated rings. The zero-order valence-corrected chi connectivity index (χ0v) is 11.5. The first kappa shape index (κ1) is 14.6.